The maximum atomic E-state index is 5.83. The monoisotopic (exact) mass is 295 g/mol. The summed E-state index contributed by atoms with van der Waals surface area (Å²) in [4.78, 5) is 0. The summed E-state index contributed by atoms with van der Waals surface area (Å²) < 4.78 is 12.1. The lowest BCUT2D eigenvalue weighted by atomic mass is 10.1. The molecule has 0 saturated carbocycles. The van der Waals surface area contributed by atoms with Crippen molar-refractivity contribution in [3.05, 3.63) is 34.5 Å². The zero-order valence-corrected chi connectivity index (χ0v) is 11.2. The molecule has 90 valence electrons. The van der Waals surface area contributed by atoms with Gasteiger partial charge in [0.2, 0.25) is 0 Å². The second-order valence-corrected chi connectivity index (χ2v) is 5.37. The van der Waals surface area contributed by atoms with Gasteiger partial charge in [-0.05, 0) is 31.2 Å². The number of nitrogens with one attached hydrogen (secondary N) is 1. The van der Waals surface area contributed by atoms with Crippen LogP contribution in [-0.2, 0) is 4.74 Å². The van der Waals surface area contributed by atoms with Crippen LogP contribution >= 0.6 is 15.9 Å². The molecule has 0 aliphatic carbocycles. The van der Waals surface area contributed by atoms with E-state index in [0.717, 1.165) is 34.4 Å². The van der Waals surface area contributed by atoms with E-state index in [1.165, 1.54) is 0 Å². The summed E-state index contributed by atoms with van der Waals surface area (Å²) in [6, 6.07) is 8.83. The molecule has 2 heterocycles. The second-order valence-electron chi connectivity index (χ2n) is 4.45. The van der Waals surface area contributed by atoms with Crippen LogP contribution in [0.2, 0.25) is 0 Å². The third-order valence-corrected chi connectivity index (χ3v) is 3.54. The SMILES string of the molecule is CC(NC1COC1)c1cc2cc(Br)ccc2o1. The first kappa shape index (κ1) is 11.3. The molecule has 1 aliphatic heterocycles. The lowest BCUT2D eigenvalue weighted by molar-refractivity contribution is -0.0101. The number of ether oxygens (including phenoxy) is 1. The lowest BCUT2D eigenvalue weighted by Gasteiger charge is -2.29. The Morgan fingerprint density at radius 1 is 1.35 bits per heavy atom. The summed E-state index contributed by atoms with van der Waals surface area (Å²) in [5.41, 5.74) is 0.932. The van der Waals surface area contributed by atoms with Crippen molar-refractivity contribution < 1.29 is 9.15 Å². The molecule has 4 heteroatoms. The summed E-state index contributed by atoms with van der Waals surface area (Å²) >= 11 is 3.47. The maximum Gasteiger partial charge on any atom is 0.134 e. The highest BCUT2D eigenvalue weighted by atomic mass is 79.9. The van der Waals surface area contributed by atoms with Crippen LogP contribution in [-0.4, -0.2) is 19.3 Å². The minimum Gasteiger partial charge on any atom is -0.459 e. The predicted molar refractivity (Wildman–Crippen MR) is 70.1 cm³/mol. The maximum absolute atomic E-state index is 5.83. The minimum absolute atomic E-state index is 0.218. The van der Waals surface area contributed by atoms with E-state index in [4.69, 9.17) is 9.15 Å². The number of furan rings is 1. The largest absolute Gasteiger partial charge is 0.459 e. The van der Waals surface area contributed by atoms with E-state index in [2.05, 4.69) is 40.3 Å². The van der Waals surface area contributed by atoms with Crippen LogP contribution in [0.1, 0.15) is 18.7 Å². The summed E-state index contributed by atoms with van der Waals surface area (Å²) in [6.07, 6.45) is 0. The molecule has 1 fully saturated rings. The molecular formula is C13H14BrNO2. The third-order valence-electron chi connectivity index (χ3n) is 3.05. The van der Waals surface area contributed by atoms with Gasteiger partial charge < -0.3 is 14.5 Å². The van der Waals surface area contributed by atoms with Crippen LogP contribution in [0.5, 0.6) is 0 Å². The van der Waals surface area contributed by atoms with E-state index in [9.17, 15) is 0 Å². The van der Waals surface area contributed by atoms with E-state index in [0.29, 0.717) is 6.04 Å². The molecule has 0 bridgehead atoms. The molecule has 1 aliphatic rings. The molecule has 1 atom stereocenters. The second kappa shape index (κ2) is 4.44. The zero-order chi connectivity index (χ0) is 11.8. The van der Waals surface area contributed by atoms with Gasteiger partial charge in [0.25, 0.3) is 0 Å². The van der Waals surface area contributed by atoms with Gasteiger partial charge in [-0.1, -0.05) is 15.9 Å². The van der Waals surface area contributed by atoms with Crippen LogP contribution < -0.4 is 5.32 Å². The van der Waals surface area contributed by atoms with E-state index in [1.54, 1.807) is 0 Å². The van der Waals surface area contributed by atoms with Crippen molar-refractivity contribution in [1.82, 2.24) is 5.32 Å². The Kier molecular flexibility index (Phi) is 2.94. The molecule has 2 aromatic rings. The first-order chi connectivity index (χ1) is 8.22. The van der Waals surface area contributed by atoms with E-state index in [1.807, 2.05) is 12.1 Å². The van der Waals surface area contributed by atoms with Crippen LogP contribution in [0, 0.1) is 0 Å². The average Bonchev–Trinajstić information content (AvgIpc) is 2.65. The molecule has 0 amide bonds. The Bertz CT molecular complexity index is 533. The van der Waals surface area contributed by atoms with Gasteiger partial charge in [-0.15, -0.1) is 0 Å². The summed E-state index contributed by atoms with van der Waals surface area (Å²) in [6.45, 7) is 3.72. The number of fused-ring (bicyclic) bond motifs is 1. The quantitative estimate of drug-likeness (QED) is 0.944. The van der Waals surface area contributed by atoms with Gasteiger partial charge >= 0.3 is 0 Å². The fourth-order valence-corrected chi connectivity index (χ4v) is 2.39. The summed E-state index contributed by atoms with van der Waals surface area (Å²) in [7, 11) is 0. The molecule has 1 saturated heterocycles. The molecule has 1 aromatic carbocycles. The van der Waals surface area contributed by atoms with E-state index < -0.39 is 0 Å². The third kappa shape index (κ3) is 2.25. The number of hydrogen-bond acceptors (Lipinski definition) is 3. The topological polar surface area (TPSA) is 34.4 Å². The first-order valence-electron chi connectivity index (χ1n) is 5.75. The number of halogens is 1. The fraction of sp³-hybridized carbons (Fsp3) is 0.385. The van der Waals surface area contributed by atoms with Gasteiger partial charge in [0.1, 0.15) is 11.3 Å². The molecule has 3 nitrogen and oxygen atoms in total. The van der Waals surface area contributed by atoms with E-state index >= 15 is 0 Å². The highest BCUT2D eigenvalue weighted by Gasteiger charge is 2.22. The minimum atomic E-state index is 0.218. The highest BCUT2D eigenvalue weighted by molar-refractivity contribution is 9.10. The van der Waals surface area contributed by atoms with Gasteiger partial charge in [0.05, 0.1) is 25.3 Å². The van der Waals surface area contributed by atoms with Gasteiger partial charge in [-0.3, -0.25) is 0 Å². The summed E-state index contributed by atoms with van der Waals surface area (Å²) in [5, 5.41) is 4.61. The van der Waals surface area contributed by atoms with Crippen molar-refractivity contribution in [2.24, 2.45) is 0 Å². The Morgan fingerprint density at radius 3 is 2.88 bits per heavy atom. The number of hydrogen-bond donors (Lipinski definition) is 1. The molecule has 1 unspecified atom stereocenters. The molecule has 0 radical (unpaired) electrons. The van der Waals surface area contributed by atoms with Crippen LogP contribution in [0.15, 0.2) is 33.2 Å². The Morgan fingerprint density at radius 2 is 2.18 bits per heavy atom. The van der Waals surface area contributed by atoms with Crippen molar-refractivity contribution >= 4 is 26.9 Å². The lowest BCUT2D eigenvalue weighted by Crippen LogP contribution is -2.46. The standard InChI is InChI=1S/C13H14BrNO2/c1-8(15-11-6-16-7-11)13-5-9-4-10(14)2-3-12(9)17-13/h2-5,8,11,15H,6-7H2,1H3. The van der Waals surface area contributed by atoms with Gasteiger partial charge in [0.15, 0.2) is 0 Å². The predicted octanol–water partition coefficient (Wildman–Crippen LogP) is 3.24. The summed E-state index contributed by atoms with van der Waals surface area (Å²) in [5.74, 6) is 0.977. The molecule has 1 aromatic heterocycles. The van der Waals surface area contributed by atoms with Crippen molar-refractivity contribution in [2.45, 2.75) is 19.0 Å². The smallest absolute Gasteiger partial charge is 0.134 e. The normalized spacial score (nSPS) is 18.2. The van der Waals surface area contributed by atoms with Gasteiger partial charge in [0, 0.05) is 9.86 Å². The van der Waals surface area contributed by atoms with Crippen molar-refractivity contribution in [3.63, 3.8) is 0 Å². The first-order valence-corrected chi connectivity index (χ1v) is 6.54. The molecule has 0 spiro atoms. The molecule has 17 heavy (non-hydrogen) atoms. The Balaban J connectivity index is 1.83. The van der Waals surface area contributed by atoms with Gasteiger partial charge in [-0.2, -0.15) is 0 Å². The average molecular weight is 296 g/mol. The van der Waals surface area contributed by atoms with Crippen LogP contribution in [0.4, 0.5) is 0 Å². The molecule has 3 rings (SSSR count). The van der Waals surface area contributed by atoms with Crippen LogP contribution in [0.3, 0.4) is 0 Å². The van der Waals surface area contributed by atoms with Gasteiger partial charge in [-0.25, -0.2) is 0 Å². The van der Waals surface area contributed by atoms with E-state index in [-0.39, 0.29) is 6.04 Å². The highest BCUT2D eigenvalue weighted by Crippen LogP contribution is 2.27. The van der Waals surface area contributed by atoms with Crippen molar-refractivity contribution in [1.29, 1.82) is 0 Å². The number of rotatable bonds is 3. The molecular weight excluding hydrogens is 282 g/mol. The van der Waals surface area contributed by atoms with Crippen molar-refractivity contribution in [3.8, 4) is 0 Å². The Labute approximate surface area is 108 Å². The number of benzene rings is 1. The fourth-order valence-electron chi connectivity index (χ4n) is 2.02. The van der Waals surface area contributed by atoms with Crippen LogP contribution in [0.25, 0.3) is 11.0 Å². The van der Waals surface area contributed by atoms with Crippen molar-refractivity contribution in [2.75, 3.05) is 13.2 Å². The zero-order valence-electron chi connectivity index (χ0n) is 9.57. The Hall–Kier alpha value is -0.840. The molecule has 1 N–H and O–H groups in total.